The average Bonchev–Trinajstić information content (AvgIpc) is 1.84. The molecule has 0 atom stereocenters. The van der Waals surface area contributed by atoms with Crippen molar-refractivity contribution in [2.45, 2.75) is 0 Å². The van der Waals surface area contributed by atoms with Crippen LogP contribution in [0.3, 0.4) is 0 Å². The Morgan fingerprint density at radius 2 is 2.38 bits per heavy atom. The number of esters is 1. The zero-order valence-electron chi connectivity index (χ0n) is 4.81. The summed E-state index contributed by atoms with van der Waals surface area (Å²) in [7, 11) is 1.29. The van der Waals surface area contributed by atoms with Crippen LogP contribution in [0.25, 0.3) is 0 Å². The van der Waals surface area contributed by atoms with Crippen molar-refractivity contribution in [2.24, 2.45) is 5.73 Å². The van der Waals surface area contributed by atoms with Gasteiger partial charge in [0.2, 0.25) is 0 Å². The second-order valence-corrected chi connectivity index (χ2v) is 1.30. The van der Waals surface area contributed by atoms with Crippen molar-refractivity contribution >= 4 is 5.97 Å². The molecule has 0 saturated carbocycles. The molecule has 3 heteroatoms. The first-order chi connectivity index (χ1) is 3.72. The maximum atomic E-state index is 10.3. The van der Waals surface area contributed by atoms with E-state index in [1.54, 1.807) is 0 Å². The summed E-state index contributed by atoms with van der Waals surface area (Å²) in [5, 5.41) is 0. The molecule has 0 aliphatic heterocycles. The SMILES string of the molecule is C=C(CN)C(=O)OC. The molecule has 46 valence electrons. The fraction of sp³-hybridized carbons (Fsp3) is 0.400. The molecule has 0 heterocycles. The maximum Gasteiger partial charge on any atom is 0.334 e. The third kappa shape index (κ3) is 1.75. The quantitative estimate of drug-likeness (QED) is 0.396. The van der Waals surface area contributed by atoms with Gasteiger partial charge in [-0.2, -0.15) is 0 Å². The fourth-order valence-corrected chi connectivity index (χ4v) is 0.228. The smallest absolute Gasteiger partial charge is 0.334 e. The molecule has 0 aromatic heterocycles. The average molecular weight is 115 g/mol. The monoisotopic (exact) mass is 115 g/mol. The predicted octanol–water partition coefficient (Wildman–Crippen LogP) is -0.326. The van der Waals surface area contributed by atoms with Crippen LogP contribution in [0.15, 0.2) is 12.2 Å². The molecule has 0 spiro atoms. The molecule has 0 bridgehead atoms. The van der Waals surface area contributed by atoms with Crippen LogP contribution < -0.4 is 5.73 Å². The van der Waals surface area contributed by atoms with Gasteiger partial charge in [-0.1, -0.05) is 6.58 Å². The summed E-state index contributed by atoms with van der Waals surface area (Å²) < 4.78 is 4.28. The van der Waals surface area contributed by atoms with E-state index in [4.69, 9.17) is 5.73 Å². The van der Waals surface area contributed by atoms with Crippen LogP contribution in [0.4, 0.5) is 0 Å². The van der Waals surface area contributed by atoms with Crippen LogP contribution in [-0.4, -0.2) is 19.6 Å². The minimum atomic E-state index is -0.438. The van der Waals surface area contributed by atoms with Crippen molar-refractivity contribution in [1.82, 2.24) is 0 Å². The topological polar surface area (TPSA) is 52.3 Å². The van der Waals surface area contributed by atoms with Gasteiger partial charge in [0.1, 0.15) is 0 Å². The van der Waals surface area contributed by atoms with Crippen molar-refractivity contribution in [1.29, 1.82) is 0 Å². The highest BCUT2D eigenvalue weighted by Gasteiger charge is 2.01. The Hall–Kier alpha value is -0.830. The van der Waals surface area contributed by atoms with Crippen LogP contribution in [0.2, 0.25) is 0 Å². The third-order valence-corrected chi connectivity index (χ3v) is 0.720. The van der Waals surface area contributed by atoms with Crippen LogP contribution in [-0.2, 0) is 9.53 Å². The van der Waals surface area contributed by atoms with E-state index in [2.05, 4.69) is 11.3 Å². The zero-order valence-corrected chi connectivity index (χ0v) is 4.81. The second-order valence-electron chi connectivity index (χ2n) is 1.30. The zero-order chi connectivity index (χ0) is 6.57. The summed E-state index contributed by atoms with van der Waals surface area (Å²) >= 11 is 0. The Morgan fingerprint density at radius 1 is 1.88 bits per heavy atom. The summed E-state index contributed by atoms with van der Waals surface area (Å²) in [6, 6.07) is 0. The van der Waals surface area contributed by atoms with E-state index in [-0.39, 0.29) is 6.54 Å². The number of hydrogen-bond acceptors (Lipinski definition) is 3. The summed E-state index contributed by atoms with van der Waals surface area (Å²) in [5.41, 5.74) is 5.35. The van der Waals surface area contributed by atoms with Crippen LogP contribution in [0.1, 0.15) is 0 Å². The number of ether oxygens (including phenoxy) is 1. The van der Waals surface area contributed by atoms with Crippen molar-refractivity contribution in [3.05, 3.63) is 12.2 Å². The van der Waals surface area contributed by atoms with Gasteiger partial charge >= 0.3 is 5.97 Å². The molecule has 0 radical (unpaired) electrons. The second kappa shape index (κ2) is 3.21. The van der Waals surface area contributed by atoms with Gasteiger partial charge in [0, 0.05) is 12.1 Å². The molecule has 8 heavy (non-hydrogen) atoms. The molecule has 2 N–H and O–H groups in total. The minimum absolute atomic E-state index is 0.159. The summed E-state index contributed by atoms with van der Waals surface area (Å²) in [4.78, 5) is 10.3. The lowest BCUT2D eigenvalue weighted by Gasteiger charge is -1.96. The Labute approximate surface area is 48.1 Å². The van der Waals surface area contributed by atoms with E-state index >= 15 is 0 Å². The number of rotatable bonds is 2. The van der Waals surface area contributed by atoms with Gasteiger partial charge in [-0.15, -0.1) is 0 Å². The lowest BCUT2D eigenvalue weighted by atomic mass is 10.3. The van der Waals surface area contributed by atoms with Gasteiger partial charge in [-0.05, 0) is 0 Å². The van der Waals surface area contributed by atoms with E-state index in [0.717, 1.165) is 0 Å². The summed E-state index contributed by atoms with van der Waals surface area (Å²) in [6.07, 6.45) is 0. The molecule has 0 fully saturated rings. The van der Waals surface area contributed by atoms with Crippen LogP contribution in [0, 0.1) is 0 Å². The lowest BCUT2D eigenvalue weighted by Crippen LogP contribution is -2.12. The van der Waals surface area contributed by atoms with Crippen LogP contribution >= 0.6 is 0 Å². The number of nitrogens with two attached hydrogens (primary N) is 1. The molecule has 0 saturated heterocycles. The van der Waals surface area contributed by atoms with Gasteiger partial charge in [0.05, 0.1) is 7.11 Å². The van der Waals surface area contributed by atoms with E-state index < -0.39 is 5.97 Å². The van der Waals surface area contributed by atoms with Crippen molar-refractivity contribution in [3.63, 3.8) is 0 Å². The highest BCUT2D eigenvalue weighted by atomic mass is 16.5. The van der Waals surface area contributed by atoms with E-state index in [1.807, 2.05) is 0 Å². The standard InChI is InChI=1S/C5H9NO2/c1-4(3-6)5(7)8-2/h1,3,6H2,2H3. The normalized spacial score (nSPS) is 8.25. The van der Waals surface area contributed by atoms with E-state index in [0.29, 0.717) is 5.57 Å². The van der Waals surface area contributed by atoms with Gasteiger partial charge in [0.15, 0.2) is 0 Å². The maximum absolute atomic E-state index is 10.3. The largest absolute Gasteiger partial charge is 0.466 e. The molecule has 0 aromatic carbocycles. The summed E-state index contributed by atoms with van der Waals surface area (Å²) in [6.45, 7) is 3.50. The molecule has 0 unspecified atom stereocenters. The lowest BCUT2D eigenvalue weighted by molar-refractivity contribution is -0.136. The van der Waals surface area contributed by atoms with Crippen LogP contribution in [0.5, 0.6) is 0 Å². The number of carbonyl (C=O) groups is 1. The van der Waals surface area contributed by atoms with E-state index in [1.165, 1.54) is 7.11 Å². The van der Waals surface area contributed by atoms with Gasteiger partial charge in [-0.25, -0.2) is 4.79 Å². The van der Waals surface area contributed by atoms with Gasteiger partial charge < -0.3 is 10.5 Å². The highest BCUT2D eigenvalue weighted by molar-refractivity contribution is 5.87. The molecule has 0 rings (SSSR count). The molecule has 0 amide bonds. The summed E-state index contributed by atoms with van der Waals surface area (Å²) in [5.74, 6) is -0.438. The van der Waals surface area contributed by atoms with Gasteiger partial charge in [-0.3, -0.25) is 0 Å². The molecular formula is C5H9NO2. The minimum Gasteiger partial charge on any atom is -0.466 e. The molecule has 3 nitrogen and oxygen atoms in total. The molecule has 0 aromatic rings. The third-order valence-electron chi connectivity index (χ3n) is 0.720. The Morgan fingerprint density at radius 3 is 2.50 bits per heavy atom. The Kier molecular flexibility index (Phi) is 2.88. The fourth-order valence-electron chi connectivity index (χ4n) is 0.228. The van der Waals surface area contributed by atoms with Crippen molar-refractivity contribution in [3.8, 4) is 0 Å². The molecule has 0 aliphatic carbocycles. The number of carbonyl (C=O) groups excluding carboxylic acids is 1. The van der Waals surface area contributed by atoms with Crippen molar-refractivity contribution in [2.75, 3.05) is 13.7 Å². The predicted molar refractivity (Wildman–Crippen MR) is 30.2 cm³/mol. The molecule has 0 aliphatic rings. The highest BCUT2D eigenvalue weighted by Crippen LogP contribution is 1.87. The first-order valence-corrected chi connectivity index (χ1v) is 2.18. The Balaban J connectivity index is 3.64. The van der Waals surface area contributed by atoms with E-state index in [9.17, 15) is 4.79 Å². The number of hydrogen-bond donors (Lipinski definition) is 1. The Bertz CT molecular complexity index is 95.0. The van der Waals surface area contributed by atoms with Gasteiger partial charge in [0.25, 0.3) is 0 Å². The number of methoxy groups -OCH3 is 1. The first kappa shape index (κ1) is 7.17. The first-order valence-electron chi connectivity index (χ1n) is 2.18. The molecular weight excluding hydrogens is 106 g/mol. The van der Waals surface area contributed by atoms with Crippen molar-refractivity contribution < 1.29 is 9.53 Å².